The molecular weight excluding hydrogens is 338 g/mol. The van der Waals surface area contributed by atoms with Gasteiger partial charge in [0, 0.05) is 25.2 Å². The molecule has 25 heavy (non-hydrogen) atoms. The Balaban J connectivity index is 1.62. The summed E-state index contributed by atoms with van der Waals surface area (Å²) in [5.41, 5.74) is 2.14. The lowest BCUT2D eigenvalue weighted by Gasteiger charge is -2.30. The average Bonchev–Trinajstić information content (AvgIpc) is 3.36. The molecule has 132 valence electrons. The zero-order chi connectivity index (χ0) is 17.6. The van der Waals surface area contributed by atoms with E-state index in [2.05, 4.69) is 20.2 Å². The van der Waals surface area contributed by atoms with Crippen molar-refractivity contribution in [3.8, 4) is 0 Å². The number of rotatable bonds is 4. The van der Waals surface area contributed by atoms with Gasteiger partial charge in [0.2, 0.25) is 10.0 Å². The number of primary sulfonamides is 1. The van der Waals surface area contributed by atoms with Gasteiger partial charge in [-0.25, -0.2) is 23.5 Å². The highest BCUT2D eigenvalue weighted by Gasteiger charge is 2.23. The Kier molecular flexibility index (Phi) is 3.88. The van der Waals surface area contributed by atoms with E-state index < -0.39 is 10.0 Å². The summed E-state index contributed by atoms with van der Waals surface area (Å²) >= 11 is 0. The van der Waals surface area contributed by atoms with E-state index in [0.29, 0.717) is 12.6 Å². The van der Waals surface area contributed by atoms with Crippen molar-refractivity contribution >= 4 is 21.7 Å². The molecule has 0 saturated heterocycles. The lowest BCUT2D eigenvalue weighted by Crippen LogP contribution is -2.31. The number of benzene rings is 1. The number of nitrogens with two attached hydrogens (primary N) is 1. The van der Waals surface area contributed by atoms with Crippen LogP contribution >= 0.6 is 0 Å². The molecule has 1 aliphatic heterocycles. The number of nitrogens with one attached hydrogen (secondary N) is 1. The van der Waals surface area contributed by atoms with Gasteiger partial charge in [0.05, 0.1) is 4.90 Å². The molecule has 2 aromatic rings. The average molecular weight is 359 g/mol. The molecular formula is C17H21N5O2S. The van der Waals surface area contributed by atoms with E-state index in [0.717, 1.165) is 41.6 Å². The summed E-state index contributed by atoms with van der Waals surface area (Å²) in [5.74, 6) is 2.45. The summed E-state index contributed by atoms with van der Waals surface area (Å²) in [5, 5.41) is 8.67. The number of aryl methyl sites for hydroxylation is 1. The molecule has 0 amide bonds. The molecule has 0 spiro atoms. The number of nitrogens with zero attached hydrogens (tertiary/aromatic N) is 3. The van der Waals surface area contributed by atoms with Gasteiger partial charge < -0.3 is 10.2 Å². The Hall–Kier alpha value is -2.19. The maximum absolute atomic E-state index is 11.6. The van der Waals surface area contributed by atoms with Crippen LogP contribution in [-0.2, 0) is 23.0 Å². The maximum atomic E-state index is 11.6. The number of hydrogen-bond donors (Lipinski definition) is 2. The van der Waals surface area contributed by atoms with Crippen LogP contribution in [0.3, 0.4) is 0 Å². The van der Waals surface area contributed by atoms with Crippen molar-refractivity contribution in [2.45, 2.75) is 43.7 Å². The number of anilines is 2. The van der Waals surface area contributed by atoms with Crippen molar-refractivity contribution in [2.75, 3.05) is 16.8 Å². The van der Waals surface area contributed by atoms with Crippen LogP contribution in [0.1, 0.15) is 29.8 Å². The highest BCUT2D eigenvalue weighted by Crippen LogP contribution is 2.28. The second-order valence-electron chi connectivity index (χ2n) is 6.72. The van der Waals surface area contributed by atoms with Crippen LogP contribution in [0.5, 0.6) is 0 Å². The van der Waals surface area contributed by atoms with Gasteiger partial charge in [0.25, 0.3) is 0 Å². The van der Waals surface area contributed by atoms with Gasteiger partial charge in [-0.3, -0.25) is 0 Å². The topological polar surface area (TPSA) is 101 Å². The van der Waals surface area contributed by atoms with E-state index in [9.17, 15) is 8.42 Å². The van der Waals surface area contributed by atoms with Crippen LogP contribution in [0, 0.1) is 6.92 Å². The number of fused-ring (bicyclic) bond motifs is 1. The molecule has 1 aromatic heterocycles. The first-order chi connectivity index (χ1) is 11.9. The summed E-state index contributed by atoms with van der Waals surface area (Å²) < 4.78 is 23.2. The van der Waals surface area contributed by atoms with Crippen LogP contribution in [0.2, 0.25) is 0 Å². The fraction of sp³-hybridized carbons (Fsp3) is 0.412. The minimum absolute atomic E-state index is 0.156. The third-order valence-corrected chi connectivity index (χ3v) is 5.51. The molecule has 2 aliphatic rings. The fourth-order valence-electron chi connectivity index (χ4n) is 3.13. The molecule has 0 bridgehead atoms. The van der Waals surface area contributed by atoms with Crippen LogP contribution in [0.25, 0.3) is 0 Å². The van der Waals surface area contributed by atoms with E-state index in [1.165, 1.54) is 12.8 Å². The summed E-state index contributed by atoms with van der Waals surface area (Å²) in [6.07, 6.45) is 3.21. The normalized spacial score (nSPS) is 17.3. The van der Waals surface area contributed by atoms with Crippen molar-refractivity contribution in [3.63, 3.8) is 0 Å². The Labute approximate surface area is 147 Å². The standard InChI is InChI=1S/C17H21N5O2S/c1-11-19-16(21-14-3-4-14)9-17(20-11)22-7-6-12-2-5-15(25(18,23)24)8-13(12)10-22/h2,5,8-9,14H,3-4,6-7,10H2,1H3,(H2,18,23,24)(H,19,20,21). The molecule has 1 aromatic carbocycles. The summed E-state index contributed by atoms with van der Waals surface area (Å²) in [7, 11) is -3.69. The summed E-state index contributed by atoms with van der Waals surface area (Å²) in [6.45, 7) is 3.33. The largest absolute Gasteiger partial charge is 0.367 e. The Morgan fingerprint density at radius 1 is 1.20 bits per heavy atom. The van der Waals surface area contributed by atoms with Crippen LogP contribution in [-0.4, -0.2) is 31.0 Å². The second kappa shape index (κ2) is 5.96. The minimum Gasteiger partial charge on any atom is -0.367 e. The van der Waals surface area contributed by atoms with Gasteiger partial charge in [0.15, 0.2) is 0 Å². The predicted octanol–water partition coefficient (Wildman–Crippen LogP) is 1.57. The highest BCUT2D eigenvalue weighted by molar-refractivity contribution is 7.89. The molecule has 7 nitrogen and oxygen atoms in total. The van der Waals surface area contributed by atoms with E-state index in [1.807, 2.05) is 19.1 Å². The Morgan fingerprint density at radius 2 is 2.00 bits per heavy atom. The predicted molar refractivity (Wildman–Crippen MR) is 96.0 cm³/mol. The number of hydrogen-bond acceptors (Lipinski definition) is 6. The van der Waals surface area contributed by atoms with Crippen molar-refractivity contribution in [1.29, 1.82) is 0 Å². The SMILES string of the molecule is Cc1nc(NC2CC2)cc(N2CCc3ccc(S(N)(=O)=O)cc3C2)n1. The summed E-state index contributed by atoms with van der Waals surface area (Å²) in [4.78, 5) is 11.3. The maximum Gasteiger partial charge on any atom is 0.238 e. The Morgan fingerprint density at radius 3 is 2.72 bits per heavy atom. The smallest absolute Gasteiger partial charge is 0.238 e. The van der Waals surface area contributed by atoms with Crippen molar-refractivity contribution < 1.29 is 8.42 Å². The molecule has 1 aliphatic carbocycles. The van der Waals surface area contributed by atoms with Gasteiger partial charge >= 0.3 is 0 Å². The van der Waals surface area contributed by atoms with Gasteiger partial charge in [0.1, 0.15) is 17.5 Å². The van der Waals surface area contributed by atoms with E-state index >= 15 is 0 Å². The van der Waals surface area contributed by atoms with Crippen molar-refractivity contribution in [3.05, 3.63) is 41.2 Å². The highest BCUT2D eigenvalue weighted by atomic mass is 32.2. The Bertz CT molecular complexity index is 925. The quantitative estimate of drug-likeness (QED) is 0.859. The van der Waals surface area contributed by atoms with E-state index in [4.69, 9.17) is 5.14 Å². The van der Waals surface area contributed by atoms with Gasteiger partial charge in [-0.2, -0.15) is 0 Å². The van der Waals surface area contributed by atoms with Gasteiger partial charge in [-0.05, 0) is 49.4 Å². The lowest BCUT2D eigenvalue weighted by atomic mass is 10.00. The first-order valence-electron chi connectivity index (χ1n) is 8.40. The first-order valence-corrected chi connectivity index (χ1v) is 9.95. The minimum atomic E-state index is -3.69. The molecule has 1 saturated carbocycles. The molecule has 4 rings (SSSR count). The van der Waals surface area contributed by atoms with Crippen LogP contribution in [0.4, 0.5) is 11.6 Å². The van der Waals surface area contributed by atoms with Crippen molar-refractivity contribution in [2.24, 2.45) is 5.14 Å². The molecule has 3 N–H and O–H groups in total. The fourth-order valence-corrected chi connectivity index (χ4v) is 3.69. The van der Waals surface area contributed by atoms with Gasteiger partial charge in [-0.1, -0.05) is 6.07 Å². The lowest BCUT2D eigenvalue weighted by molar-refractivity contribution is 0.597. The van der Waals surface area contributed by atoms with Crippen molar-refractivity contribution in [1.82, 2.24) is 9.97 Å². The van der Waals surface area contributed by atoms with E-state index in [1.54, 1.807) is 12.1 Å². The van der Waals surface area contributed by atoms with Crippen LogP contribution in [0.15, 0.2) is 29.2 Å². The zero-order valence-electron chi connectivity index (χ0n) is 14.1. The molecule has 8 heteroatoms. The zero-order valence-corrected chi connectivity index (χ0v) is 14.9. The number of sulfonamides is 1. The third kappa shape index (κ3) is 3.59. The number of aromatic nitrogens is 2. The second-order valence-corrected chi connectivity index (χ2v) is 8.29. The molecule has 0 atom stereocenters. The van der Waals surface area contributed by atoms with E-state index in [-0.39, 0.29) is 4.90 Å². The summed E-state index contributed by atoms with van der Waals surface area (Å²) in [6, 6.07) is 7.61. The molecule has 2 heterocycles. The molecule has 0 unspecified atom stereocenters. The molecule has 0 radical (unpaired) electrons. The first kappa shape index (κ1) is 16.3. The van der Waals surface area contributed by atoms with Crippen LogP contribution < -0.4 is 15.4 Å². The third-order valence-electron chi connectivity index (χ3n) is 4.60. The monoisotopic (exact) mass is 359 g/mol. The van der Waals surface area contributed by atoms with Gasteiger partial charge in [-0.15, -0.1) is 0 Å². The molecule has 1 fully saturated rings.